The number of benzene rings is 2. The Bertz CT molecular complexity index is 852. The Balaban J connectivity index is 2.17. The number of rotatable bonds is 8. The second-order valence-corrected chi connectivity index (χ2v) is 7.06. The van der Waals surface area contributed by atoms with Gasteiger partial charge in [-0.05, 0) is 30.7 Å². The number of aliphatic hydroxyl groups excluding tert-OH is 1. The Kier molecular flexibility index (Phi) is 8.03. The van der Waals surface area contributed by atoms with Crippen LogP contribution in [0.5, 0.6) is 5.75 Å². The van der Waals surface area contributed by atoms with Crippen LogP contribution >= 0.6 is 0 Å². The summed E-state index contributed by atoms with van der Waals surface area (Å²) in [6.07, 6.45) is 0. The van der Waals surface area contributed by atoms with Gasteiger partial charge in [0, 0.05) is 29.4 Å². The predicted molar refractivity (Wildman–Crippen MR) is 114 cm³/mol. The molecular formula is C22H29N3O4. The van der Waals surface area contributed by atoms with Gasteiger partial charge in [0.15, 0.2) is 0 Å². The third-order valence-electron chi connectivity index (χ3n) is 4.48. The van der Waals surface area contributed by atoms with Crippen LogP contribution in [-0.4, -0.2) is 42.2 Å². The van der Waals surface area contributed by atoms with Crippen LogP contribution in [0.3, 0.4) is 0 Å². The number of para-hydroxylation sites is 1. The minimum atomic E-state index is -0.347. The van der Waals surface area contributed by atoms with Gasteiger partial charge in [-0.3, -0.25) is 4.79 Å². The molecular weight excluding hydrogens is 370 g/mol. The van der Waals surface area contributed by atoms with E-state index in [-0.39, 0.29) is 31.0 Å². The number of aryl methyl sites for hydroxylation is 1. The summed E-state index contributed by atoms with van der Waals surface area (Å²) in [5.41, 5.74) is 2.91. The summed E-state index contributed by atoms with van der Waals surface area (Å²) in [7, 11) is 1.58. The zero-order chi connectivity index (χ0) is 21.4. The second-order valence-electron chi connectivity index (χ2n) is 7.06. The summed E-state index contributed by atoms with van der Waals surface area (Å²) in [6.45, 7) is 5.81. The largest absolute Gasteiger partial charge is 0.496 e. The van der Waals surface area contributed by atoms with Crippen LogP contribution < -0.4 is 15.4 Å². The summed E-state index contributed by atoms with van der Waals surface area (Å²) in [5, 5.41) is 15.1. The van der Waals surface area contributed by atoms with Crippen LogP contribution in [-0.2, 0) is 11.3 Å². The lowest BCUT2D eigenvalue weighted by Gasteiger charge is -2.24. The number of anilines is 2. The van der Waals surface area contributed by atoms with Crippen LogP contribution in [0.1, 0.15) is 25.0 Å². The van der Waals surface area contributed by atoms with Gasteiger partial charge in [-0.25, -0.2) is 4.79 Å². The number of ether oxygens (including phenoxy) is 1. The Morgan fingerprint density at radius 3 is 2.52 bits per heavy atom. The smallest absolute Gasteiger partial charge is 0.322 e. The Labute approximate surface area is 171 Å². The van der Waals surface area contributed by atoms with E-state index in [1.54, 1.807) is 19.2 Å². The van der Waals surface area contributed by atoms with Crippen LogP contribution in [0.2, 0.25) is 0 Å². The van der Waals surface area contributed by atoms with Gasteiger partial charge in [0.1, 0.15) is 5.75 Å². The Hall–Kier alpha value is -3.06. The molecule has 0 atom stereocenters. The number of methoxy groups -OCH3 is 1. The number of carbonyl (C=O) groups is 2. The van der Waals surface area contributed by atoms with Crippen LogP contribution in [0.25, 0.3) is 0 Å². The predicted octanol–water partition coefficient (Wildman–Crippen LogP) is 3.62. The summed E-state index contributed by atoms with van der Waals surface area (Å²) in [5.74, 6) is 0.442. The molecule has 0 aliphatic rings. The molecule has 0 unspecified atom stereocenters. The molecule has 7 nitrogen and oxygen atoms in total. The summed E-state index contributed by atoms with van der Waals surface area (Å²) in [6, 6.07) is 12.5. The van der Waals surface area contributed by atoms with Crippen molar-refractivity contribution in [2.24, 2.45) is 5.92 Å². The zero-order valence-corrected chi connectivity index (χ0v) is 17.4. The highest BCUT2D eigenvalue weighted by molar-refractivity contribution is 5.94. The molecule has 2 rings (SSSR count). The fraction of sp³-hybridized carbons (Fsp3) is 0.364. The molecule has 0 aliphatic carbocycles. The average molecular weight is 399 g/mol. The van der Waals surface area contributed by atoms with Gasteiger partial charge in [-0.2, -0.15) is 0 Å². The first-order valence-corrected chi connectivity index (χ1v) is 9.56. The van der Waals surface area contributed by atoms with E-state index in [4.69, 9.17) is 4.74 Å². The molecule has 2 aromatic carbocycles. The Morgan fingerprint density at radius 2 is 1.86 bits per heavy atom. The van der Waals surface area contributed by atoms with E-state index < -0.39 is 0 Å². The first-order chi connectivity index (χ1) is 13.8. The van der Waals surface area contributed by atoms with E-state index in [0.29, 0.717) is 23.7 Å². The number of nitrogens with zero attached hydrogens (tertiary/aromatic N) is 1. The third kappa shape index (κ3) is 6.22. The number of carbonyl (C=O) groups excluding carboxylic acids is 2. The minimum Gasteiger partial charge on any atom is -0.496 e. The molecule has 0 spiro atoms. The molecule has 2 aromatic rings. The van der Waals surface area contributed by atoms with E-state index >= 15 is 0 Å². The van der Waals surface area contributed by atoms with Crippen molar-refractivity contribution in [3.63, 3.8) is 0 Å². The number of aliphatic hydroxyl groups is 1. The quantitative estimate of drug-likeness (QED) is 0.632. The van der Waals surface area contributed by atoms with Crippen molar-refractivity contribution in [1.29, 1.82) is 0 Å². The molecule has 7 heteroatoms. The first-order valence-electron chi connectivity index (χ1n) is 9.56. The van der Waals surface area contributed by atoms with Gasteiger partial charge in [-0.1, -0.05) is 38.1 Å². The maximum Gasteiger partial charge on any atom is 0.322 e. The molecule has 3 amide bonds. The molecule has 0 radical (unpaired) electrons. The molecule has 0 saturated carbocycles. The van der Waals surface area contributed by atoms with Gasteiger partial charge < -0.3 is 25.4 Å². The number of urea groups is 1. The summed E-state index contributed by atoms with van der Waals surface area (Å²) >= 11 is 0. The summed E-state index contributed by atoms with van der Waals surface area (Å²) < 4.78 is 5.35. The molecule has 0 aliphatic heterocycles. The highest BCUT2D eigenvalue weighted by Crippen LogP contribution is 2.23. The van der Waals surface area contributed by atoms with Crippen LogP contribution in [0.15, 0.2) is 42.5 Å². The molecule has 0 saturated heterocycles. The minimum absolute atomic E-state index is 0.0933. The SMILES string of the molecule is COc1ccccc1CN(CCO)C(=O)Nc1cc(NC(=O)C(C)C)ccc1C. The zero-order valence-electron chi connectivity index (χ0n) is 17.4. The first kappa shape index (κ1) is 22.2. The van der Waals surface area contributed by atoms with E-state index in [0.717, 1.165) is 11.1 Å². The fourth-order valence-corrected chi connectivity index (χ4v) is 2.73. The van der Waals surface area contributed by atoms with E-state index in [9.17, 15) is 14.7 Å². The van der Waals surface area contributed by atoms with Crippen LogP contribution in [0.4, 0.5) is 16.2 Å². The maximum atomic E-state index is 12.9. The normalized spacial score (nSPS) is 10.6. The van der Waals surface area contributed by atoms with Gasteiger partial charge in [0.05, 0.1) is 20.3 Å². The average Bonchev–Trinajstić information content (AvgIpc) is 2.70. The van der Waals surface area contributed by atoms with E-state index in [1.807, 2.05) is 51.1 Å². The second kappa shape index (κ2) is 10.5. The number of hydrogen-bond donors (Lipinski definition) is 3. The highest BCUT2D eigenvalue weighted by atomic mass is 16.5. The van der Waals surface area contributed by atoms with Crippen molar-refractivity contribution in [2.45, 2.75) is 27.3 Å². The summed E-state index contributed by atoms with van der Waals surface area (Å²) in [4.78, 5) is 26.3. The van der Waals surface area contributed by atoms with E-state index in [2.05, 4.69) is 10.6 Å². The standard InChI is InChI=1S/C22H29N3O4/c1-15(2)21(27)23-18-10-9-16(3)19(13-18)24-22(28)25(11-12-26)14-17-7-5-6-8-20(17)29-4/h5-10,13,15,26H,11-12,14H2,1-4H3,(H,23,27)(H,24,28). The van der Waals surface area contributed by atoms with Crippen molar-refractivity contribution in [1.82, 2.24) is 4.90 Å². The van der Waals surface area contributed by atoms with Crippen molar-refractivity contribution < 1.29 is 19.4 Å². The monoisotopic (exact) mass is 399 g/mol. The number of amides is 3. The van der Waals surface area contributed by atoms with Gasteiger partial charge in [-0.15, -0.1) is 0 Å². The highest BCUT2D eigenvalue weighted by Gasteiger charge is 2.17. The van der Waals surface area contributed by atoms with Crippen molar-refractivity contribution in [3.8, 4) is 5.75 Å². The van der Waals surface area contributed by atoms with Crippen LogP contribution in [0, 0.1) is 12.8 Å². The topological polar surface area (TPSA) is 90.9 Å². The lowest BCUT2D eigenvalue weighted by molar-refractivity contribution is -0.118. The van der Waals surface area contributed by atoms with Gasteiger partial charge in [0.2, 0.25) is 5.91 Å². The van der Waals surface area contributed by atoms with Gasteiger partial charge in [0.25, 0.3) is 0 Å². The Morgan fingerprint density at radius 1 is 1.14 bits per heavy atom. The number of nitrogens with one attached hydrogen (secondary N) is 2. The van der Waals surface area contributed by atoms with Gasteiger partial charge >= 0.3 is 6.03 Å². The van der Waals surface area contributed by atoms with Crippen molar-refractivity contribution >= 4 is 23.3 Å². The molecule has 0 heterocycles. The molecule has 156 valence electrons. The third-order valence-corrected chi connectivity index (χ3v) is 4.48. The van der Waals surface area contributed by atoms with Crippen molar-refractivity contribution in [3.05, 3.63) is 53.6 Å². The lowest BCUT2D eigenvalue weighted by Crippen LogP contribution is -2.36. The fourth-order valence-electron chi connectivity index (χ4n) is 2.73. The molecule has 0 bridgehead atoms. The molecule has 3 N–H and O–H groups in total. The van der Waals surface area contributed by atoms with Crippen molar-refractivity contribution in [2.75, 3.05) is 30.9 Å². The van der Waals surface area contributed by atoms with E-state index in [1.165, 1.54) is 4.90 Å². The maximum absolute atomic E-state index is 12.9. The lowest BCUT2D eigenvalue weighted by atomic mass is 10.1. The number of hydrogen-bond acceptors (Lipinski definition) is 4. The molecule has 0 aromatic heterocycles. The molecule has 29 heavy (non-hydrogen) atoms. The molecule has 0 fully saturated rings.